The van der Waals surface area contributed by atoms with Gasteiger partial charge in [0.2, 0.25) is 0 Å². The third kappa shape index (κ3) is 2.91. The predicted molar refractivity (Wildman–Crippen MR) is 75.8 cm³/mol. The van der Waals surface area contributed by atoms with Crippen LogP contribution in [-0.4, -0.2) is 36.6 Å². The first-order valence-corrected chi connectivity index (χ1v) is 6.77. The van der Waals surface area contributed by atoms with Gasteiger partial charge in [-0.2, -0.15) is 0 Å². The lowest BCUT2D eigenvalue weighted by molar-refractivity contribution is 0.122. The summed E-state index contributed by atoms with van der Waals surface area (Å²) in [5.41, 5.74) is 3.95. The third-order valence-corrected chi connectivity index (χ3v) is 3.45. The van der Waals surface area contributed by atoms with Gasteiger partial charge in [-0.05, 0) is 31.2 Å². The molecule has 0 spiro atoms. The van der Waals surface area contributed by atoms with Gasteiger partial charge in [-0.15, -0.1) is 0 Å². The fourth-order valence-electron chi connectivity index (χ4n) is 2.21. The molecule has 0 atom stereocenters. The van der Waals surface area contributed by atoms with Crippen molar-refractivity contribution in [1.29, 1.82) is 0 Å². The Morgan fingerprint density at radius 2 is 1.90 bits per heavy atom. The highest BCUT2D eigenvalue weighted by Crippen LogP contribution is 2.19. The van der Waals surface area contributed by atoms with Crippen LogP contribution >= 0.6 is 0 Å². The van der Waals surface area contributed by atoms with Gasteiger partial charge >= 0.3 is 0 Å². The van der Waals surface area contributed by atoms with Crippen LogP contribution in [0.4, 0.5) is 11.4 Å². The van der Waals surface area contributed by atoms with Crippen molar-refractivity contribution < 1.29 is 9.37 Å². The molecular formula is C14H18N4O2. The van der Waals surface area contributed by atoms with Gasteiger partial charge in [0.05, 0.1) is 19.8 Å². The molecule has 0 radical (unpaired) electrons. The Balaban J connectivity index is 1.59. The minimum atomic E-state index is 0.617. The minimum Gasteiger partial charge on any atom is -0.379 e. The van der Waals surface area contributed by atoms with Crippen LogP contribution in [0, 0.1) is 6.92 Å². The van der Waals surface area contributed by atoms with E-state index in [1.165, 1.54) is 5.69 Å². The van der Waals surface area contributed by atoms with Gasteiger partial charge in [0.1, 0.15) is 11.4 Å². The predicted octanol–water partition coefficient (Wildman–Crippen LogP) is 1.83. The van der Waals surface area contributed by atoms with Crippen molar-refractivity contribution in [3.63, 3.8) is 0 Å². The molecule has 2 aromatic rings. The molecule has 20 heavy (non-hydrogen) atoms. The molecule has 3 rings (SSSR count). The second kappa shape index (κ2) is 5.92. The summed E-state index contributed by atoms with van der Waals surface area (Å²) < 4.78 is 10.0. The summed E-state index contributed by atoms with van der Waals surface area (Å²) in [4.78, 5) is 2.33. The average molecular weight is 274 g/mol. The van der Waals surface area contributed by atoms with Crippen molar-refractivity contribution in [3.05, 3.63) is 35.7 Å². The molecule has 1 aliphatic heterocycles. The number of aromatic nitrogens is 2. The topological polar surface area (TPSA) is 63.4 Å². The van der Waals surface area contributed by atoms with E-state index in [0.717, 1.165) is 43.4 Å². The Morgan fingerprint density at radius 3 is 2.55 bits per heavy atom. The van der Waals surface area contributed by atoms with Gasteiger partial charge in [0, 0.05) is 24.5 Å². The normalized spacial score (nSPS) is 15.3. The molecule has 0 bridgehead atoms. The molecule has 0 unspecified atom stereocenters. The minimum absolute atomic E-state index is 0.617. The van der Waals surface area contributed by atoms with E-state index in [2.05, 4.69) is 49.4 Å². The second-order valence-electron chi connectivity index (χ2n) is 4.80. The zero-order valence-corrected chi connectivity index (χ0v) is 11.5. The van der Waals surface area contributed by atoms with Crippen LogP contribution in [-0.2, 0) is 11.3 Å². The summed E-state index contributed by atoms with van der Waals surface area (Å²) in [5.74, 6) is 0. The summed E-state index contributed by atoms with van der Waals surface area (Å²) >= 11 is 0. The van der Waals surface area contributed by atoms with E-state index in [-0.39, 0.29) is 0 Å². The number of rotatable bonds is 4. The highest BCUT2D eigenvalue weighted by Gasteiger charge is 2.10. The molecule has 6 nitrogen and oxygen atoms in total. The molecule has 1 aliphatic rings. The number of morpholine rings is 1. The fraction of sp³-hybridized carbons (Fsp3) is 0.429. The SMILES string of the molecule is Cc1nonc1CNc1ccc(N2CCOCC2)cc1. The molecule has 6 heteroatoms. The Kier molecular flexibility index (Phi) is 3.83. The Bertz CT molecular complexity index is 547. The van der Waals surface area contributed by atoms with Gasteiger partial charge in [-0.3, -0.25) is 0 Å². The third-order valence-electron chi connectivity index (χ3n) is 3.45. The molecule has 0 saturated carbocycles. The van der Waals surface area contributed by atoms with E-state index in [1.54, 1.807) is 0 Å². The monoisotopic (exact) mass is 274 g/mol. The van der Waals surface area contributed by atoms with Crippen LogP contribution in [0.1, 0.15) is 11.4 Å². The highest BCUT2D eigenvalue weighted by molar-refractivity contribution is 5.55. The van der Waals surface area contributed by atoms with Gasteiger partial charge in [0.25, 0.3) is 0 Å². The Hall–Kier alpha value is -2.08. The first kappa shape index (κ1) is 12.9. The number of hydrogen-bond acceptors (Lipinski definition) is 6. The van der Waals surface area contributed by atoms with Crippen LogP contribution < -0.4 is 10.2 Å². The summed E-state index contributed by atoms with van der Waals surface area (Å²) in [6.07, 6.45) is 0. The molecule has 2 heterocycles. The number of hydrogen-bond donors (Lipinski definition) is 1. The molecule has 106 valence electrons. The molecular weight excluding hydrogens is 256 g/mol. The first-order chi connectivity index (χ1) is 9.83. The smallest absolute Gasteiger partial charge is 0.127 e. The summed E-state index contributed by atoms with van der Waals surface area (Å²) in [6.45, 7) is 6.02. The molecule has 1 aromatic heterocycles. The number of benzene rings is 1. The van der Waals surface area contributed by atoms with Crippen LogP contribution in [0.15, 0.2) is 28.9 Å². The number of aryl methyl sites for hydroxylation is 1. The van der Waals surface area contributed by atoms with Crippen LogP contribution in [0.25, 0.3) is 0 Å². The lowest BCUT2D eigenvalue weighted by Gasteiger charge is -2.28. The summed E-state index contributed by atoms with van der Waals surface area (Å²) in [6, 6.07) is 8.41. The van der Waals surface area contributed by atoms with Crippen molar-refractivity contribution in [2.45, 2.75) is 13.5 Å². The Morgan fingerprint density at radius 1 is 1.15 bits per heavy atom. The van der Waals surface area contributed by atoms with Gasteiger partial charge in [0.15, 0.2) is 0 Å². The van der Waals surface area contributed by atoms with Gasteiger partial charge in [-0.25, -0.2) is 4.63 Å². The second-order valence-corrected chi connectivity index (χ2v) is 4.80. The van der Waals surface area contributed by atoms with Crippen molar-refractivity contribution in [3.8, 4) is 0 Å². The highest BCUT2D eigenvalue weighted by atomic mass is 16.6. The maximum atomic E-state index is 5.36. The van der Waals surface area contributed by atoms with E-state index in [1.807, 2.05) is 6.92 Å². The maximum absolute atomic E-state index is 5.36. The molecule has 0 aliphatic carbocycles. The van der Waals surface area contributed by atoms with E-state index in [9.17, 15) is 0 Å². The summed E-state index contributed by atoms with van der Waals surface area (Å²) in [5, 5.41) is 10.9. The number of nitrogens with zero attached hydrogens (tertiary/aromatic N) is 3. The zero-order chi connectivity index (χ0) is 13.8. The largest absolute Gasteiger partial charge is 0.379 e. The van der Waals surface area contributed by atoms with E-state index >= 15 is 0 Å². The quantitative estimate of drug-likeness (QED) is 0.917. The molecule has 1 aromatic carbocycles. The van der Waals surface area contributed by atoms with E-state index < -0.39 is 0 Å². The van der Waals surface area contributed by atoms with Crippen LogP contribution in [0.3, 0.4) is 0 Å². The van der Waals surface area contributed by atoms with Crippen molar-refractivity contribution in [1.82, 2.24) is 10.3 Å². The van der Waals surface area contributed by atoms with E-state index in [0.29, 0.717) is 6.54 Å². The molecule has 1 saturated heterocycles. The lowest BCUT2D eigenvalue weighted by Crippen LogP contribution is -2.36. The summed E-state index contributed by atoms with van der Waals surface area (Å²) in [7, 11) is 0. The van der Waals surface area contributed by atoms with Crippen molar-refractivity contribution >= 4 is 11.4 Å². The van der Waals surface area contributed by atoms with E-state index in [4.69, 9.17) is 4.74 Å². The maximum Gasteiger partial charge on any atom is 0.127 e. The Labute approximate surface area is 117 Å². The number of nitrogens with one attached hydrogen (secondary N) is 1. The molecule has 1 fully saturated rings. The van der Waals surface area contributed by atoms with Gasteiger partial charge < -0.3 is 15.0 Å². The number of ether oxygens (including phenoxy) is 1. The van der Waals surface area contributed by atoms with Crippen molar-refractivity contribution in [2.24, 2.45) is 0 Å². The van der Waals surface area contributed by atoms with Crippen molar-refractivity contribution in [2.75, 3.05) is 36.5 Å². The van der Waals surface area contributed by atoms with Crippen LogP contribution in [0.5, 0.6) is 0 Å². The zero-order valence-electron chi connectivity index (χ0n) is 11.5. The lowest BCUT2D eigenvalue weighted by atomic mass is 10.2. The molecule has 0 amide bonds. The standard InChI is InChI=1S/C14H18N4O2/c1-11-14(17-20-16-11)10-15-12-2-4-13(5-3-12)18-6-8-19-9-7-18/h2-5,15H,6-10H2,1H3. The van der Waals surface area contributed by atoms with Crippen LogP contribution in [0.2, 0.25) is 0 Å². The average Bonchev–Trinajstić information content (AvgIpc) is 2.92. The van der Waals surface area contributed by atoms with Gasteiger partial charge in [-0.1, -0.05) is 10.3 Å². The number of anilines is 2. The molecule has 1 N–H and O–H groups in total. The first-order valence-electron chi connectivity index (χ1n) is 6.77. The fourth-order valence-corrected chi connectivity index (χ4v) is 2.21.